The van der Waals surface area contributed by atoms with Gasteiger partial charge in [-0.15, -0.1) is 0 Å². The van der Waals surface area contributed by atoms with E-state index in [1.54, 1.807) is 30.8 Å². The molecule has 0 saturated carbocycles. The smallest absolute Gasteiger partial charge is 0.331 e. The molecule has 1 atom stereocenters. The van der Waals surface area contributed by atoms with Crippen molar-refractivity contribution in [2.45, 2.75) is 18.9 Å². The van der Waals surface area contributed by atoms with Crippen LogP contribution in [0.15, 0.2) is 12.1 Å². The third kappa shape index (κ3) is 2.82. The fourth-order valence-corrected chi connectivity index (χ4v) is 3.53. The molecule has 0 bridgehead atoms. The van der Waals surface area contributed by atoms with Crippen LogP contribution in [0.5, 0.6) is 11.5 Å². The van der Waals surface area contributed by atoms with Crippen molar-refractivity contribution in [3.05, 3.63) is 23.3 Å². The lowest BCUT2D eigenvalue weighted by molar-refractivity contribution is -0.151. The molecule has 0 aliphatic carbocycles. The van der Waals surface area contributed by atoms with Gasteiger partial charge in [0.05, 0.1) is 13.7 Å². The first-order valence-corrected chi connectivity index (χ1v) is 8.30. The zero-order chi connectivity index (χ0) is 15.5. The molecule has 1 aliphatic rings. The van der Waals surface area contributed by atoms with Crippen LogP contribution in [0, 0.1) is 0 Å². The number of esters is 1. The van der Waals surface area contributed by atoms with Gasteiger partial charge in [0.15, 0.2) is 17.0 Å². The van der Waals surface area contributed by atoms with Gasteiger partial charge in [-0.2, -0.15) is 11.8 Å². The number of benzene rings is 1. The minimum atomic E-state index is -0.885. The second-order valence-corrected chi connectivity index (χ2v) is 5.78. The average Bonchev–Trinajstić information content (AvgIpc) is 2.47. The van der Waals surface area contributed by atoms with Gasteiger partial charge in [-0.05, 0) is 42.9 Å². The largest absolute Gasteiger partial charge is 0.504 e. The first-order valence-electron chi connectivity index (χ1n) is 6.90. The summed E-state index contributed by atoms with van der Waals surface area (Å²) in [6.45, 7) is 2.80. The maximum absolute atomic E-state index is 12.6. The number of nitrogens with one attached hydrogen (secondary N) is 1. The van der Waals surface area contributed by atoms with E-state index in [-0.39, 0.29) is 11.7 Å². The summed E-state index contributed by atoms with van der Waals surface area (Å²) in [5, 5.41) is 13.3. The van der Waals surface area contributed by atoms with Crippen molar-refractivity contribution in [1.82, 2.24) is 5.32 Å². The van der Waals surface area contributed by atoms with Gasteiger partial charge in [-0.1, -0.05) is 0 Å². The van der Waals surface area contributed by atoms with Crippen molar-refractivity contribution in [2.24, 2.45) is 0 Å². The highest BCUT2D eigenvalue weighted by atomic mass is 32.2. The number of carbonyl (C=O) groups excluding carboxylic acids is 1. The Hall–Kier alpha value is -1.40. The first-order chi connectivity index (χ1) is 10.1. The Morgan fingerprint density at radius 2 is 2.29 bits per heavy atom. The number of phenolic OH excluding ortho intramolecular Hbond substituents is 1. The average molecular weight is 311 g/mol. The Bertz CT molecular complexity index is 535. The normalized spacial score (nSPS) is 20.7. The van der Waals surface area contributed by atoms with E-state index >= 15 is 0 Å². The second kappa shape index (κ2) is 6.58. The topological polar surface area (TPSA) is 67.8 Å². The molecular weight excluding hydrogens is 290 g/mol. The maximum Gasteiger partial charge on any atom is 0.331 e. The Morgan fingerprint density at radius 3 is 2.90 bits per heavy atom. The highest BCUT2D eigenvalue weighted by Crippen LogP contribution is 2.39. The fourth-order valence-electron chi connectivity index (χ4n) is 2.73. The summed E-state index contributed by atoms with van der Waals surface area (Å²) in [5.74, 6) is 0.743. The lowest BCUT2D eigenvalue weighted by atomic mass is 9.83. The predicted octanol–water partition coefficient (Wildman–Crippen LogP) is 1.67. The van der Waals surface area contributed by atoms with E-state index in [0.717, 1.165) is 17.5 Å². The standard InChI is InChI=1S/C15H21NO4S/c1-4-20-14(18)15(9-21-3)11-8-13(19-2)12(17)7-10(11)5-6-16-15/h7-8,16-17H,4-6,9H2,1-3H3/t15-/m0/s1. The third-order valence-corrected chi connectivity index (χ3v) is 4.39. The number of methoxy groups -OCH3 is 1. The zero-order valence-corrected chi connectivity index (χ0v) is 13.4. The van der Waals surface area contributed by atoms with Crippen molar-refractivity contribution in [3.63, 3.8) is 0 Å². The molecular formula is C15H21NO4S. The second-order valence-electron chi connectivity index (χ2n) is 4.92. The summed E-state index contributed by atoms with van der Waals surface area (Å²) < 4.78 is 10.5. The van der Waals surface area contributed by atoms with Gasteiger partial charge in [-0.3, -0.25) is 5.32 Å². The Kier molecular flexibility index (Phi) is 5.00. The summed E-state index contributed by atoms with van der Waals surface area (Å²) in [6.07, 6.45) is 2.71. The molecule has 116 valence electrons. The molecule has 5 nitrogen and oxygen atoms in total. The SMILES string of the molecule is CCOC(=O)[C@@]1(CSC)NCCc2cc(O)c(OC)cc21. The minimum absolute atomic E-state index is 0.0973. The molecule has 1 aromatic carbocycles. The number of hydrogen-bond donors (Lipinski definition) is 2. The van der Waals surface area contributed by atoms with Crippen molar-refractivity contribution in [2.75, 3.05) is 32.3 Å². The van der Waals surface area contributed by atoms with Crippen LogP contribution < -0.4 is 10.1 Å². The van der Waals surface area contributed by atoms with Crippen LogP contribution in [0.25, 0.3) is 0 Å². The van der Waals surface area contributed by atoms with Crippen molar-refractivity contribution < 1.29 is 19.4 Å². The van der Waals surface area contributed by atoms with Gasteiger partial charge in [0.2, 0.25) is 0 Å². The molecule has 0 amide bonds. The zero-order valence-electron chi connectivity index (χ0n) is 12.6. The lowest BCUT2D eigenvalue weighted by Crippen LogP contribution is -2.55. The summed E-state index contributed by atoms with van der Waals surface area (Å²) in [4.78, 5) is 12.6. The molecule has 0 saturated heterocycles. The summed E-state index contributed by atoms with van der Waals surface area (Å²) in [6, 6.07) is 3.42. The molecule has 2 N–H and O–H groups in total. The quantitative estimate of drug-likeness (QED) is 0.806. The molecule has 0 spiro atoms. The number of hydrogen-bond acceptors (Lipinski definition) is 6. The molecule has 0 aromatic heterocycles. The van der Waals surface area contributed by atoms with E-state index in [9.17, 15) is 9.90 Å². The number of rotatable bonds is 5. The van der Waals surface area contributed by atoms with Crippen LogP contribution in [-0.4, -0.2) is 43.3 Å². The third-order valence-electron chi connectivity index (χ3n) is 3.67. The number of carbonyl (C=O) groups is 1. The van der Waals surface area contributed by atoms with Gasteiger partial charge in [0.25, 0.3) is 0 Å². The summed E-state index contributed by atoms with van der Waals surface area (Å²) >= 11 is 1.58. The lowest BCUT2D eigenvalue weighted by Gasteiger charge is -2.37. The van der Waals surface area contributed by atoms with E-state index in [0.29, 0.717) is 24.7 Å². The van der Waals surface area contributed by atoms with Gasteiger partial charge >= 0.3 is 5.97 Å². The predicted molar refractivity (Wildman–Crippen MR) is 83.1 cm³/mol. The Balaban J connectivity index is 2.57. The van der Waals surface area contributed by atoms with Gasteiger partial charge in [-0.25, -0.2) is 4.79 Å². The fraction of sp³-hybridized carbons (Fsp3) is 0.533. The number of ether oxygens (including phenoxy) is 2. The molecule has 1 aliphatic heterocycles. The summed E-state index contributed by atoms with van der Waals surface area (Å²) in [5.41, 5.74) is 0.898. The van der Waals surface area contributed by atoms with E-state index in [4.69, 9.17) is 9.47 Å². The number of phenols is 1. The monoisotopic (exact) mass is 311 g/mol. The van der Waals surface area contributed by atoms with Gasteiger partial charge in [0.1, 0.15) is 0 Å². The first kappa shape index (κ1) is 16.0. The van der Waals surface area contributed by atoms with Crippen LogP contribution >= 0.6 is 11.8 Å². The Labute approximate surface area is 129 Å². The highest BCUT2D eigenvalue weighted by molar-refractivity contribution is 7.98. The van der Waals surface area contributed by atoms with E-state index < -0.39 is 5.54 Å². The molecule has 6 heteroatoms. The molecule has 1 heterocycles. The Morgan fingerprint density at radius 1 is 1.52 bits per heavy atom. The van der Waals surface area contributed by atoms with Gasteiger partial charge < -0.3 is 14.6 Å². The molecule has 0 radical (unpaired) electrons. The van der Waals surface area contributed by atoms with Crippen molar-refractivity contribution in [3.8, 4) is 11.5 Å². The van der Waals surface area contributed by atoms with E-state index in [1.807, 2.05) is 6.26 Å². The highest BCUT2D eigenvalue weighted by Gasteiger charge is 2.45. The van der Waals surface area contributed by atoms with Crippen LogP contribution in [-0.2, 0) is 21.5 Å². The van der Waals surface area contributed by atoms with E-state index in [1.165, 1.54) is 7.11 Å². The van der Waals surface area contributed by atoms with Crippen LogP contribution in [0.3, 0.4) is 0 Å². The van der Waals surface area contributed by atoms with Crippen LogP contribution in [0.1, 0.15) is 18.1 Å². The molecule has 0 fully saturated rings. The van der Waals surface area contributed by atoms with Crippen LogP contribution in [0.4, 0.5) is 0 Å². The van der Waals surface area contributed by atoms with Crippen molar-refractivity contribution in [1.29, 1.82) is 0 Å². The van der Waals surface area contributed by atoms with Gasteiger partial charge in [0, 0.05) is 12.3 Å². The molecule has 21 heavy (non-hydrogen) atoms. The maximum atomic E-state index is 12.6. The molecule has 1 aromatic rings. The van der Waals surface area contributed by atoms with Crippen LogP contribution in [0.2, 0.25) is 0 Å². The number of thioether (sulfide) groups is 1. The molecule has 0 unspecified atom stereocenters. The minimum Gasteiger partial charge on any atom is -0.504 e. The molecule has 2 rings (SSSR count). The number of fused-ring (bicyclic) bond motifs is 1. The van der Waals surface area contributed by atoms with Crippen molar-refractivity contribution >= 4 is 17.7 Å². The van der Waals surface area contributed by atoms with E-state index in [2.05, 4.69) is 5.32 Å². The number of aromatic hydroxyl groups is 1. The summed E-state index contributed by atoms with van der Waals surface area (Å²) in [7, 11) is 1.50.